The molecule has 0 aromatic heterocycles. The number of amides is 1. The maximum atomic E-state index is 14.1. The third kappa shape index (κ3) is 3.63. The topological polar surface area (TPSA) is 72.7 Å². The number of non-ortho nitro benzene ring substituents is 1. The van der Waals surface area contributed by atoms with E-state index in [1.54, 1.807) is 12.1 Å². The second-order valence-electron chi connectivity index (χ2n) is 5.59. The third-order valence-corrected chi connectivity index (χ3v) is 3.97. The number of nitro benzene ring substituents is 1. The lowest BCUT2D eigenvalue weighted by Gasteiger charge is -2.33. The Morgan fingerprint density at radius 1 is 1.24 bits per heavy atom. The van der Waals surface area contributed by atoms with E-state index >= 15 is 0 Å². The molecule has 0 aliphatic carbocycles. The molecule has 0 radical (unpaired) electrons. The van der Waals surface area contributed by atoms with Crippen LogP contribution < -0.4 is 0 Å². The molecule has 0 spiro atoms. The number of halogens is 2. The molecule has 1 fully saturated rings. The van der Waals surface area contributed by atoms with Crippen LogP contribution in [0.3, 0.4) is 0 Å². The van der Waals surface area contributed by atoms with E-state index in [0.29, 0.717) is 5.56 Å². The van der Waals surface area contributed by atoms with Crippen molar-refractivity contribution in [3.63, 3.8) is 0 Å². The fourth-order valence-electron chi connectivity index (χ4n) is 2.70. The van der Waals surface area contributed by atoms with Gasteiger partial charge < -0.3 is 9.64 Å². The molecule has 8 heteroatoms. The summed E-state index contributed by atoms with van der Waals surface area (Å²) in [5.74, 6) is -1.95. The van der Waals surface area contributed by atoms with Gasteiger partial charge in [0.25, 0.3) is 11.6 Å². The van der Waals surface area contributed by atoms with Crippen LogP contribution in [0.5, 0.6) is 0 Å². The molecule has 1 aliphatic heterocycles. The molecule has 1 atom stereocenters. The Morgan fingerprint density at radius 3 is 2.72 bits per heavy atom. The first kappa shape index (κ1) is 17.0. The minimum Gasteiger partial charge on any atom is -0.370 e. The van der Waals surface area contributed by atoms with E-state index in [-0.39, 0.29) is 25.3 Å². The highest BCUT2D eigenvalue weighted by molar-refractivity contribution is 5.94. The monoisotopic (exact) mass is 348 g/mol. The molecule has 2 aromatic rings. The van der Waals surface area contributed by atoms with Crippen LogP contribution in [0.2, 0.25) is 0 Å². The van der Waals surface area contributed by atoms with E-state index in [4.69, 9.17) is 4.74 Å². The zero-order chi connectivity index (χ0) is 18.0. The van der Waals surface area contributed by atoms with E-state index in [9.17, 15) is 23.7 Å². The fraction of sp³-hybridized carbons (Fsp3) is 0.235. The number of nitro groups is 1. The van der Waals surface area contributed by atoms with Crippen molar-refractivity contribution >= 4 is 11.6 Å². The normalized spacial score (nSPS) is 17.4. The highest BCUT2D eigenvalue weighted by atomic mass is 19.1. The number of nitrogens with zero attached hydrogens (tertiary/aromatic N) is 2. The summed E-state index contributed by atoms with van der Waals surface area (Å²) in [4.78, 5) is 23.9. The van der Waals surface area contributed by atoms with Crippen LogP contribution in [0.25, 0.3) is 0 Å². The largest absolute Gasteiger partial charge is 0.370 e. The molecule has 1 heterocycles. The Hall–Kier alpha value is -2.87. The van der Waals surface area contributed by atoms with Crippen LogP contribution in [0, 0.1) is 21.7 Å². The first-order valence-electron chi connectivity index (χ1n) is 7.56. The smallest absolute Gasteiger partial charge is 0.272 e. The van der Waals surface area contributed by atoms with Crippen LogP contribution in [-0.4, -0.2) is 35.4 Å². The van der Waals surface area contributed by atoms with Crippen molar-refractivity contribution < 1.29 is 23.2 Å². The lowest BCUT2D eigenvalue weighted by atomic mass is 10.1. The molecule has 0 N–H and O–H groups in total. The van der Waals surface area contributed by atoms with Gasteiger partial charge in [-0.3, -0.25) is 14.9 Å². The van der Waals surface area contributed by atoms with Gasteiger partial charge >= 0.3 is 0 Å². The van der Waals surface area contributed by atoms with Crippen molar-refractivity contribution in [2.24, 2.45) is 0 Å². The van der Waals surface area contributed by atoms with E-state index in [2.05, 4.69) is 0 Å². The van der Waals surface area contributed by atoms with Crippen LogP contribution in [0.4, 0.5) is 14.5 Å². The zero-order valence-electron chi connectivity index (χ0n) is 13.0. The molecule has 2 aromatic carbocycles. The summed E-state index contributed by atoms with van der Waals surface area (Å²) in [6.45, 7) is 0.612. The Balaban J connectivity index is 1.79. The maximum Gasteiger partial charge on any atom is 0.272 e. The van der Waals surface area contributed by atoms with E-state index in [1.165, 1.54) is 17.0 Å². The predicted octanol–water partition coefficient (Wildman–Crippen LogP) is 3.09. The van der Waals surface area contributed by atoms with Gasteiger partial charge in [0, 0.05) is 12.6 Å². The summed E-state index contributed by atoms with van der Waals surface area (Å²) < 4.78 is 33.0. The molecule has 0 saturated carbocycles. The van der Waals surface area contributed by atoms with Crippen molar-refractivity contribution in [3.8, 4) is 0 Å². The Bertz CT molecular complexity index is 828. The molecular formula is C17H14F2N2O4. The van der Waals surface area contributed by atoms with Gasteiger partial charge in [-0.15, -0.1) is 0 Å². The Labute approximate surface area is 141 Å². The second-order valence-corrected chi connectivity index (χ2v) is 5.59. The quantitative estimate of drug-likeness (QED) is 0.631. The standard InChI is InChI=1S/C17H14F2N2O4/c18-12-3-1-2-11(8-12)16-10-20(6-7-25-16)17(22)14-5-4-13(21(23)24)9-15(14)19/h1-5,8-9,16H,6-7,10H2. The van der Waals surface area contributed by atoms with E-state index in [1.807, 2.05) is 0 Å². The first-order chi connectivity index (χ1) is 12.0. The third-order valence-electron chi connectivity index (χ3n) is 3.97. The number of ether oxygens (including phenoxy) is 1. The van der Waals surface area contributed by atoms with Gasteiger partial charge in [0.15, 0.2) is 0 Å². The number of morpholine rings is 1. The van der Waals surface area contributed by atoms with Crippen molar-refractivity contribution in [3.05, 3.63) is 75.3 Å². The van der Waals surface area contributed by atoms with Gasteiger partial charge in [0.1, 0.15) is 17.7 Å². The molecule has 1 unspecified atom stereocenters. The SMILES string of the molecule is O=C(c1ccc([N+](=O)[O-])cc1F)N1CCOC(c2cccc(F)c2)C1. The number of hydrogen-bond donors (Lipinski definition) is 0. The van der Waals surface area contributed by atoms with Gasteiger partial charge in [-0.2, -0.15) is 0 Å². The van der Waals surface area contributed by atoms with Gasteiger partial charge in [-0.25, -0.2) is 8.78 Å². The highest BCUT2D eigenvalue weighted by Gasteiger charge is 2.28. The summed E-state index contributed by atoms with van der Waals surface area (Å²) in [6.07, 6.45) is -0.519. The fourth-order valence-corrected chi connectivity index (χ4v) is 2.70. The summed E-state index contributed by atoms with van der Waals surface area (Å²) in [5, 5.41) is 10.7. The number of carbonyl (C=O) groups is 1. The minimum absolute atomic E-state index is 0.138. The molecule has 130 valence electrons. The first-order valence-corrected chi connectivity index (χ1v) is 7.56. The minimum atomic E-state index is -0.951. The van der Waals surface area contributed by atoms with Gasteiger partial charge in [0.05, 0.1) is 29.7 Å². The lowest BCUT2D eigenvalue weighted by Crippen LogP contribution is -2.42. The summed E-state index contributed by atoms with van der Waals surface area (Å²) in [5.41, 5.74) is -0.0826. The van der Waals surface area contributed by atoms with Crippen LogP contribution >= 0.6 is 0 Å². The molecule has 0 bridgehead atoms. The second kappa shape index (κ2) is 6.94. The highest BCUT2D eigenvalue weighted by Crippen LogP contribution is 2.25. The number of carbonyl (C=O) groups excluding carboxylic acids is 1. The number of benzene rings is 2. The Morgan fingerprint density at radius 2 is 2.04 bits per heavy atom. The van der Waals surface area contributed by atoms with Gasteiger partial charge in [0.2, 0.25) is 0 Å². The summed E-state index contributed by atoms with van der Waals surface area (Å²) in [6, 6.07) is 8.77. The lowest BCUT2D eigenvalue weighted by molar-refractivity contribution is -0.385. The van der Waals surface area contributed by atoms with Crippen molar-refractivity contribution in [1.82, 2.24) is 4.90 Å². The molecular weight excluding hydrogens is 334 g/mol. The Kier molecular flexibility index (Phi) is 4.71. The van der Waals surface area contributed by atoms with Gasteiger partial charge in [-0.05, 0) is 23.8 Å². The molecule has 1 amide bonds. The van der Waals surface area contributed by atoms with Crippen molar-refractivity contribution in [1.29, 1.82) is 0 Å². The zero-order valence-corrected chi connectivity index (χ0v) is 13.0. The molecule has 3 rings (SSSR count). The van der Waals surface area contributed by atoms with Gasteiger partial charge in [-0.1, -0.05) is 12.1 Å². The maximum absolute atomic E-state index is 14.1. The van der Waals surface area contributed by atoms with Crippen LogP contribution in [0.1, 0.15) is 22.0 Å². The number of rotatable bonds is 3. The van der Waals surface area contributed by atoms with Crippen molar-refractivity contribution in [2.45, 2.75) is 6.10 Å². The predicted molar refractivity (Wildman–Crippen MR) is 84.1 cm³/mol. The molecule has 6 nitrogen and oxygen atoms in total. The molecule has 25 heavy (non-hydrogen) atoms. The summed E-state index contributed by atoms with van der Waals surface area (Å²) in [7, 11) is 0. The number of hydrogen-bond acceptors (Lipinski definition) is 4. The van der Waals surface area contributed by atoms with Crippen molar-refractivity contribution in [2.75, 3.05) is 19.7 Å². The molecule has 1 saturated heterocycles. The van der Waals surface area contributed by atoms with Crippen LogP contribution in [-0.2, 0) is 4.74 Å². The molecule has 1 aliphatic rings. The van der Waals surface area contributed by atoms with Crippen LogP contribution in [0.15, 0.2) is 42.5 Å². The average Bonchev–Trinajstić information content (AvgIpc) is 2.61. The van der Waals surface area contributed by atoms with E-state index < -0.39 is 34.3 Å². The summed E-state index contributed by atoms with van der Waals surface area (Å²) >= 11 is 0. The average molecular weight is 348 g/mol. The van der Waals surface area contributed by atoms with E-state index in [0.717, 1.165) is 18.2 Å².